The van der Waals surface area contributed by atoms with Crippen molar-refractivity contribution in [2.24, 2.45) is 5.92 Å². The summed E-state index contributed by atoms with van der Waals surface area (Å²) < 4.78 is 0. The Morgan fingerprint density at radius 2 is 2.50 bits per heavy atom. The smallest absolute Gasteiger partial charge is 0.220 e. The summed E-state index contributed by atoms with van der Waals surface area (Å²) in [4.78, 5) is 13.2. The van der Waals surface area contributed by atoms with Crippen LogP contribution in [0.15, 0.2) is 17.5 Å². The van der Waals surface area contributed by atoms with Crippen molar-refractivity contribution in [2.75, 3.05) is 13.1 Å². The normalized spacial score (nSPS) is 23.8. The molecule has 1 fully saturated rings. The molecule has 0 saturated carbocycles. The van der Waals surface area contributed by atoms with E-state index in [4.69, 9.17) is 0 Å². The Morgan fingerprint density at radius 3 is 3.22 bits per heavy atom. The van der Waals surface area contributed by atoms with Crippen LogP contribution in [0.4, 0.5) is 0 Å². The topological polar surface area (TPSA) is 41.1 Å². The molecular weight excluding hydrogens is 244 g/mol. The van der Waals surface area contributed by atoms with Gasteiger partial charge in [0, 0.05) is 17.3 Å². The molecule has 1 saturated heterocycles. The van der Waals surface area contributed by atoms with E-state index in [0.29, 0.717) is 18.4 Å². The molecule has 2 rings (SSSR count). The van der Waals surface area contributed by atoms with Gasteiger partial charge in [0.25, 0.3) is 0 Å². The fourth-order valence-corrected chi connectivity index (χ4v) is 3.14. The van der Waals surface area contributed by atoms with Crippen LogP contribution in [0.25, 0.3) is 0 Å². The zero-order valence-electron chi connectivity index (χ0n) is 10.9. The number of amides is 1. The zero-order valence-corrected chi connectivity index (χ0v) is 11.8. The van der Waals surface area contributed by atoms with Gasteiger partial charge in [0.1, 0.15) is 0 Å². The van der Waals surface area contributed by atoms with E-state index in [1.54, 1.807) is 11.3 Å². The highest BCUT2D eigenvalue weighted by atomic mass is 32.1. The number of rotatable bonds is 5. The molecule has 0 radical (unpaired) electrons. The molecule has 18 heavy (non-hydrogen) atoms. The molecule has 1 amide bonds. The number of nitrogens with one attached hydrogen (secondary N) is 2. The average molecular weight is 266 g/mol. The second-order valence-electron chi connectivity index (χ2n) is 5.08. The Morgan fingerprint density at radius 1 is 1.61 bits per heavy atom. The molecule has 2 heterocycles. The van der Waals surface area contributed by atoms with Crippen molar-refractivity contribution >= 4 is 17.2 Å². The fourth-order valence-electron chi connectivity index (χ4n) is 2.39. The molecule has 2 unspecified atom stereocenters. The maximum Gasteiger partial charge on any atom is 0.220 e. The predicted octanol–water partition coefficient (Wildman–Crippen LogP) is 2.18. The van der Waals surface area contributed by atoms with Gasteiger partial charge in [-0.1, -0.05) is 13.0 Å². The van der Waals surface area contributed by atoms with Gasteiger partial charge in [-0.2, -0.15) is 0 Å². The van der Waals surface area contributed by atoms with Gasteiger partial charge < -0.3 is 10.6 Å². The van der Waals surface area contributed by atoms with Crippen LogP contribution in [0, 0.1) is 5.92 Å². The Bertz CT molecular complexity index is 364. The first-order valence-corrected chi connectivity index (χ1v) is 7.66. The summed E-state index contributed by atoms with van der Waals surface area (Å²) in [5, 5.41) is 8.61. The molecule has 1 aromatic heterocycles. The molecule has 0 bridgehead atoms. The van der Waals surface area contributed by atoms with Crippen LogP contribution in [0.3, 0.4) is 0 Å². The number of piperidine rings is 1. The van der Waals surface area contributed by atoms with Crippen molar-refractivity contribution in [1.82, 2.24) is 10.6 Å². The van der Waals surface area contributed by atoms with Crippen LogP contribution in [-0.2, 0) is 11.2 Å². The van der Waals surface area contributed by atoms with E-state index in [9.17, 15) is 4.79 Å². The van der Waals surface area contributed by atoms with Crippen LogP contribution >= 0.6 is 11.3 Å². The molecule has 1 aromatic rings. The van der Waals surface area contributed by atoms with Crippen LogP contribution < -0.4 is 10.6 Å². The minimum atomic E-state index is 0.213. The van der Waals surface area contributed by atoms with Crippen LogP contribution in [0.2, 0.25) is 0 Å². The number of carbonyl (C=O) groups excluding carboxylic acids is 1. The quantitative estimate of drug-likeness (QED) is 0.857. The highest BCUT2D eigenvalue weighted by Gasteiger charge is 2.22. The number of hydrogen-bond acceptors (Lipinski definition) is 3. The van der Waals surface area contributed by atoms with Crippen LogP contribution in [0.1, 0.15) is 31.1 Å². The van der Waals surface area contributed by atoms with Crippen molar-refractivity contribution in [2.45, 2.75) is 38.6 Å². The third-order valence-electron chi connectivity index (χ3n) is 3.54. The summed E-state index contributed by atoms with van der Waals surface area (Å²) in [7, 11) is 0. The molecular formula is C14H22N2OS. The first kappa shape index (κ1) is 13.6. The number of aryl methyl sites for hydroxylation is 1. The van der Waals surface area contributed by atoms with Gasteiger partial charge >= 0.3 is 0 Å². The monoisotopic (exact) mass is 266 g/mol. The minimum Gasteiger partial charge on any atom is -0.353 e. The van der Waals surface area contributed by atoms with Crippen molar-refractivity contribution < 1.29 is 4.79 Å². The largest absolute Gasteiger partial charge is 0.353 e. The molecule has 2 atom stereocenters. The number of carbonyl (C=O) groups is 1. The van der Waals surface area contributed by atoms with Gasteiger partial charge in [-0.25, -0.2) is 0 Å². The molecule has 1 aliphatic heterocycles. The highest BCUT2D eigenvalue weighted by Crippen LogP contribution is 2.13. The van der Waals surface area contributed by atoms with Gasteiger partial charge in [-0.3, -0.25) is 4.79 Å². The second kappa shape index (κ2) is 6.90. The lowest BCUT2D eigenvalue weighted by molar-refractivity contribution is -0.122. The van der Waals surface area contributed by atoms with Crippen molar-refractivity contribution in [3.05, 3.63) is 22.4 Å². The third-order valence-corrected chi connectivity index (χ3v) is 4.47. The lowest BCUT2D eigenvalue weighted by Crippen LogP contribution is -2.48. The standard InChI is InChI=1S/C14H22N2OS/c1-11-10-15-8-7-13(11)16-14(17)6-2-4-12-5-3-9-18-12/h3,5,9,11,13,15H,2,4,6-8,10H2,1H3,(H,16,17). The maximum absolute atomic E-state index is 11.9. The summed E-state index contributed by atoms with van der Waals surface area (Å²) >= 11 is 1.77. The molecule has 2 N–H and O–H groups in total. The maximum atomic E-state index is 11.9. The van der Waals surface area contributed by atoms with Gasteiger partial charge in [0.15, 0.2) is 0 Å². The summed E-state index contributed by atoms with van der Waals surface area (Å²) in [6, 6.07) is 4.56. The predicted molar refractivity (Wildman–Crippen MR) is 75.8 cm³/mol. The van der Waals surface area contributed by atoms with E-state index < -0.39 is 0 Å². The second-order valence-corrected chi connectivity index (χ2v) is 6.11. The van der Waals surface area contributed by atoms with Crippen molar-refractivity contribution in [1.29, 1.82) is 0 Å². The number of hydrogen-bond donors (Lipinski definition) is 2. The van der Waals surface area contributed by atoms with Crippen LogP contribution in [0.5, 0.6) is 0 Å². The summed E-state index contributed by atoms with van der Waals surface area (Å²) in [6.07, 6.45) is 3.67. The van der Waals surface area contributed by atoms with E-state index in [-0.39, 0.29) is 5.91 Å². The molecule has 0 spiro atoms. The van der Waals surface area contributed by atoms with E-state index in [1.807, 2.05) is 0 Å². The Balaban J connectivity index is 1.65. The lowest BCUT2D eigenvalue weighted by Gasteiger charge is -2.30. The van der Waals surface area contributed by atoms with Gasteiger partial charge in [-0.05, 0) is 49.7 Å². The van der Waals surface area contributed by atoms with Gasteiger partial charge in [0.05, 0.1) is 0 Å². The van der Waals surface area contributed by atoms with E-state index >= 15 is 0 Å². The van der Waals surface area contributed by atoms with Crippen molar-refractivity contribution in [3.63, 3.8) is 0 Å². The number of thiophene rings is 1. The first-order valence-electron chi connectivity index (χ1n) is 6.78. The first-order chi connectivity index (χ1) is 8.75. The summed E-state index contributed by atoms with van der Waals surface area (Å²) in [5.74, 6) is 0.755. The molecule has 4 heteroatoms. The lowest BCUT2D eigenvalue weighted by atomic mass is 9.95. The fraction of sp³-hybridized carbons (Fsp3) is 0.643. The van der Waals surface area contributed by atoms with E-state index in [2.05, 4.69) is 35.1 Å². The molecule has 3 nitrogen and oxygen atoms in total. The summed E-state index contributed by atoms with van der Waals surface area (Å²) in [6.45, 7) is 4.23. The van der Waals surface area contributed by atoms with Crippen molar-refractivity contribution in [3.8, 4) is 0 Å². The highest BCUT2D eigenvalue weighted by molar-refractivity contribution is 7.09. The van der Waals surface area contributed by atoms with E-state index in [0.717, 1.165) is 32.4 Å². The minimum absolute atomic E-state index is 0.213. The van der Waals surface area contributed by atoms with Crippen LogP contribution in [-0.4, -0.2) is 25.0 Å². The molecule has 0 aliphatic carbocycles. The Kier molecular flexibility index (Phi) is 5.20. The third kappa shape index (κ3) is 4.10. The van der Waals surface area contributed by atoms with E-state index in [1.165, 1.54) is 4.88 Å². The average Bonchev–Trinajstić information content (AvgIpc) is 2.85. The van der Waals surface area contributed by atoms with Gasteiger partial charge in [0.2, 0.25) is 5.91 Å². The molecule has 100 valence electrons. The SMILES string of the molecule is CC1CNCCC1NC(=O)CCCc1cccs1. The van der Waals surface area contributed by atoms with Gasteiger partial charge in [-0.15, -0.1) is 11.3 Å². The molecule has 0 aromatic carbocycles. The Hall–Kier alpha value is -0.870. The Labute approximate surface area is 113 Å². The summed E-state index contributed by atoms with van der Waals surface area (Å²) in [5.41, 5.74) is 0. The molecule has 1 aliphatic rings. The zero-order chi connectivity index (χ0) is 12.8.